The van der Waals surface area contributed by atoms with Gasteiger partial charge < -0.3 is 5.73 Å². The average Bonchev–Trinajstić information content (AvgIpc) is 1.82. The summed E-state index contributed by atoms with van der Waals surface area (Å²) in [6.07, 6.45) is 4.25. The Labute approximate surface area is 64.3 Å². The Balaban J connectivity index is 3.66. The predicted octanol–water partition coefficient (Wildman–Crippen LogP) is 2.18. The van der Waals surface area contributed by atoms with Crippen molar-refractivity contribution in [3.63, 3.8) is 0 Å². The molecule has 0 aliphatic heterocycles. The zero-order chi connectivity index (χ0) is 8.15. The molecule has 0 bridgehead atoms. The molecule has 0 radical (unpaired) electrons. The van der Waals surface area contributed by atoms with E-state index in [4.69, 9.17) is 5.73 Å². The first-order chi connectivity index (χ1) is 4.54. The van der Waals surface area contributed by atoms with Crippen molar-refractivity contribution in [2.75, 3.05) is 0 Å². The Bertz CT molecular complexity index is 103. The second kappa shape index (κ2) is 4.51. The van der Waals surface area contributed by atoms with Crippen molar-refractivity contribution in [3.05, 3.63) is 12.2 Å². The predicted molar refractivity (Wildman–Crippen MR) is 46.8 cm³/mol. The molecule has 0 spiro atoms. The Morgan fingerprint density at radius 3 is 1.80 bits per heavy atom. The van der Waals surface area contributed by atoms with Crippen LogP contribution in [0, 0.1) is 11.8 Å². The van der Waals surface area contributed by atoms with E-state index in [1.165, 1.54) is 0 Å². The lowest BCUT2D eigenvalue weighted by atomic mass is 10.0. The fourth-order valence-electron chi connectivity index (χ4n) is 0.573. The van der Waals surface area contributed by atoms with Gasteiger partial charge in [-0.3, -0.25) is 0 Å². The molecule has 1 heteroatoms. The van der Waals surface area contributed by atoms with Gasteiger partial charge in [-0.1, -0.05) is 39.8 Å². The van der Waals surface area contributed by atoms with Gasteiger partial charge >= 0.3 is 0 Å². The minimum Gasteiger partial charge on any atom is -0.324 e. The summed E-state index contributed by atoms with van der Waals surface area (Å²) in [6, 6.07) is 0.224. The van der Waals surface area contributed by atoms with E-state index in [2.05, 4.69) is 39.8 Å². The van der Waals surface area contributed by atoms with Crippen molar-refractivity contribution in [3.8, 4) is 0 Å². The Morgan fingerprint density at radius 2 is 1.50 bits per heavy atom. The molecule has 0 aromatic rings. The first kappa shape index (κ1) is 9.70. The molecular formula is C9H19N. The van der Waals surface area contributed by atoms with Crippen LogP contribution in [0.4, 0.5) is 0 Å². The molecule has 0 saturated carbocycles. The Kier molecular flexibility index (Phi) is 4.37. The van der Waals surface area contributed by atoms with Crippen molar-refractivity contribution in [2.24, 2.45) is 17.6 Å². The van der Waals surface area contributed by atoms with Gasteiger partial charge in [-0.15, -0.1) is 0 Å². The first-order valence-electron chi connectivity index (χ1n) is 3.98. The third kappa shape index (κ3) is 4.57. The first-order valence-corrected chi connectivity index (χ1v) is 3.98. The minimum absolute atomic E-state index is 0.224. The second-order valence-corrected chi connectivity index (χ2v) is 3.45. The third-order valence-corrected chi connectivity index (χ3v) is 1.49. The quantitative estimate of drug-likeness (QED) is 0.599. The van der Waals surface area contributed by atoms with Crippen LogP contribution in [-0.4, -0.2) is 6.04 Å². The van der Waals surface area contributed by atoms with Gasteiger partial charge in [-0.25, -0.2) is 0 Å². The lowest BCUT2D eigenvalue weighted by Gasteiger charge is -2.10. The van der Waals surface area contributed by atoms with Gasteiger partial charge in [0, 0.05) is 6.04 Å². The fraction of sp³-hybridized carbons (Fsp3) is 0.778. The maximum Gasteiger partial charge on any atom is 0.0247 e. The molecule has 0 heterocycles. The molecule has 1 nitrogen and oxygen atoms in total. The molecule has 0 rings (SSSR count). The number of hydrogen-bond acceptors (Lipinski definition) is 1. The average molecular weight is 141 g/mol. The molecule has 0 amide bonds. The van der Waals surface area contributed by atoms with Crippen LogP contribution in [0.15, 0.2) is 12.2 Å². The maximum absolute atomic E-state index is 5.78. The highest BCUT2D eigenvalue weighted by atomic mass is 14.6. The van der Waals surface area contributed by atoms with Gasteiger partial charge in [0.25, 0.3) is 0 Å². The molecule has 0 aliphatic carbocycles. The minimum atomic E-state index is 0.224. The number of rotatable bonds is 3. The molecule has 1 unspecified atom stereocenters. The normalized spacial score (nSPS) is 15.5. The number of allylic oxidation sites excluding steroid dienone is 1. The van der Waals surface area contributed by atoms with Crippen molar-refractivity contribution in [1.82, 2.24) is 0 Å². The van der Waals surface area contributed by atoms with E-state index in [1.54, 1.807) is 0 Å². The smallest absolute Gasteiger partial charge is 0.0247 e. The van der Waals surface area contributed by atoms with E-state index in [0.29, 0.717) is 11.8 Å². The van der Waals surface area contributed by atoms with Crippen LogP contribution in [0.1, 0.15) is 27.7 Å². The zero-order valence-electron chi connectivity index (χ0n) is 7.46. The summed E-state index contributed by atoms with van der Waals surface area (Å²) >= 11 is 0. The van der Waals surface area contributed by atoms with E-state index in [0.717, 1.165) is 0 Å². The molecule has 2 N–H and O–H groups in total. The van der Waals surface area contributed by atoms with Crippen LogP contribution in [0.3, 0.4) is 0 Å². The maximum atomic E-state index is 5.78. The summed E-state index contributed by atoms with van der Waals surface area (Å²) in [5, 5.41) is 0. The molecule has 1 atom stereocenters. The highest BCUT2D eigenvalue weighted by Gasteiger charge is 2.01. The summed E-state index contributed by atoms with van der Waals surface area (Å²) in [5.41, 5.74) is 5.78. The zero-order valence-corrected chi connectivity index (χ0v) is 7.46. The van der Waals surface area contributed by atoms with Crippen molar-refractivity contribution in [1.29, 1.82) is 0 Å². The standard InChI is InChI=1S/C9H19N/c1-7(2)5-6-9(10)8(3)4/h5-9H,10H2,1-4H3/b6-5-. The summed E-state index contributed by atoms with van der Waals surface area (Å²) in [5.74, 6) is 1.17. The highest BCUT2D eigenvalue weighted by molar-refractivity contribution is 4.94. The Hall–Kier alpha value is -0.300. The van der Waals surface area contributed by atoms with E-state index in [1.807, 2.05) is 0 Å². The molecule has 0 aliphatic rings. The van der Waals surface area contributed by atoms with Crippen LogP contribution < -0.4 is 5.73 Å². The third-order valence-electron chi connectivity index (χ3n) is 1.49. The molecule has 60 valence electrons. The molecule has 0 aromatic heterocycles. The molecule has 0 fully saturated rings. The molecular weight excluding hydrogens is 122 g/mol. The summed E-state index contributed by atoms with van der Waals surface area (Å²) in [4.78, 5) is 0. The van der Waals surface area contributed by atoms with Gasteiger partial charge in [0.05, 0.1) is 0 Å². The largest absolute Gasteiger partial charge is 0.324 e. The lowest BCUT2D eigenvalue weighted by Crippen LogP contribution is -2.23. The molecule has 0 aromatic carbocycles. The van der Waals surface area contributed by atoms with E-state index in [-0.39, 0.29) is 6.04 Å². The van der Waals surface area contributed by atoms with E-state index < -0.39 is 0 Å². The summed E-state index contributed by atoms with van der Waals surface area (Å²) in [6.45, 7) is 8.58. The van der Waals surface area contributed by atoms with Gasteiger partial charge in [-0.2, -0.15) is 0 Å². The van der Waals surface area contributed by atoms with Gasteiger partial charge in [0.2, 0.25) is 0 Å². The number of hydrogen-bond donors (Lipinski definition) is 1. The number of nitrogens with two attached hydrogens (primary N) is 1. The van der Waals surface area contributed by atoms with Crippen molar-refractivity contribution >= 4 is 0 Å². The van der Waals surface area contributed by atoms with Gasteiger partial charge in [0.1, 0.15) is 0 Å². The van der Waals surface area contributed by atoms with Gasteiger partial charge in [-0.05, 0) is 11.8 Å². The van der Waals surface area contributed by atoms with Crippen LogP contribution >= 0.6 is 0 Å². The van der Waals surface area contributed by atoms with Gasteiger partial charge in [0.15, 0.2) is 0 Å². The van der Waals surface area contributed by atoms with Crippen molar-refractivity contribution < 1.29 is 0 Å². The van der Waals surface area contributed by atoms with Crippen LogP contribution in [0.2, 0.25) is 0 Å². The summed E-state index contributed by atoms with van der Waals surface area (Å²) < 4.78 is 0. The molecule has 10 heavy (non-hydrogen) atoms. The van der Waals surface area contributed by atoms with Crippen LogP contribution in [0.25, 0.3) is 0 Å². The highest BCUT2D eigenvalue weighted by Crippen LogP contribution is 2.02. The van der Waals surface area contributed by atoms with Crippen molar-refractivity contribution in [2.45, 2.75) is 33.7 Å². The monoisotopic (exact) mass is 141 g/mol. The molecule has 0 saturated heterocycles. The van der Waals surface area contributed by atoms with Crippen LogP contribution in [0.5, 0.6) is 0 Å². The van der Waals surface area contributed by atoms with Crippen LogP contribution in [-0.2, 0) is 0 Å². The fourth-order valence-corrected chi connectivity index (χ4v) is 0.573. The second-order valence-electron chi connectivity index (χ2n) is 3.45. The van der Waals surface area contributed by atoms with E-state index in [9.17, 15) is 0 Å². The Morgan fingerprint density at radius 1 is 1.00 bits per heavy atom. The SMILES string of the molecule is CC(C)/C=C\C(N)C(C)C. The summed E-state index contributed by atoms with van der Waals surface area (Å²) in [7, 11) is 0. The topological polar surface area (TPSA) is 26.0 Å². The van der Waals surface area contributed by atoms with E-state index >= 15 is 0 Å². The lowest BCUT2D eigenvalue weighted by molar-refractivity contribution is 0.567.